The molecule has 1 aliphatic rings. The Morgan fingerprint density at radius 2 is 2.26 bits per heavy atom. The molecule has 0 aliphatic carbocycles. The molecule has 0 saturated carbocycles. The third kappa shape index (κ3) is 4.22. The number of nitrogens with one attached hydrogen (secondary N) is 1. The predicted molar refractivity (Wildman–Crippen MR) is 86.2 cm³/mol. The number of nitrogens with zero attached hydrogens (tertiary/aromatic N) is 2. The minimum atomic E-state index is -1.06. The van der Waals surface area contributed by atoms with Gasteiger partial charge in [0.1, 0.15) is 16.7 Å². The first kappa shape index (κ1) is 16.8. The van der Waals surface area contributed by atoms with Gasteiger partial charge in [-0.2, -0.15) is 5.10 Å². The Morgan fingerprint density at radius 1 is 1.52 bits per heavy atom. The summed E-state index contributed by atoms with van der Waals surface area (Å²) in [5.41, 5.74) is 1.19. The largest absolute Gasteiger partial charge is 0.507 e. The molecule has 1 saturated heterocycles. The van der Waals surface area contributed by atoms with E-state index in [1.165, 1.54) is 13.3 Å². The quantitative estimate of drug-likeness (QED) is 0.547. The van der Waals surface area contributed by atoms with Gasteiger partial charge in [-0.15, -0.1) is 5.10 Å². The number of aromatic hydroxyl groups is 1. The van der Waals surface area contributed by atoms with Crippen LogP contribution < -0.4 is 10.1 Å². The van der Waals surface area contributed by atoms with E-state index in [0.29, 0.717) is 11.3 Å². The van der Waals surface area contributed by atoms with Gasteiger partial charge in [0.2, 0.25) is 5.91 Å². The molecule has 1 aromatic carbocycles. The van der Waals surface area contributed by atoms with Gasteiger partial charge in [0.25, 0.3) is 0 Å². The van der Waals surface area contributed by atoms with E-state index in [9.17, 15) is 14.7 Å². The molecule has 1 atom stereocenters. The molecular formula is C14H15N3O5S. The number of phenolic OH excluding ortho intramolecular Hbond substituents is 1. The fourth-order valence-corrected chi connectivity index (χ4v) is 2.82. The lowest BCUT2D eigenvalue weighted by atomic mass is 10.1. The number of aliphatic carboxylic acids is 1. The van der Waals surface area contributed by atoms with E-state index in [0.717, 1.165) is 17.3 Å². The first-order valence-corrected chi connectivity index (χ1v) is 7.46. The number of hydrogen-bond donors (Lipinski definition) is 3. The number of ether oxygens (including phenoxy) is 1. The Bertz CT molecular complexity index is 702. The minimum absolute atomic E-state index is 0.0270. The zero-order valence-electron chi connectivity index (χ0n) is 12.4. The number of rotatable bonds is 5. The summed E-state index contributed by atoms with van der Waals surface area (Å²) in [4.78, 5) is 22.2. The molecule has 23 heavy (non-hydrogen) atoms. The molecule has 2 rings (SSSR count). The third-order valence-electron chi connectivity index (χ3n) is 3.03. The summed E-state index contributed by atoms with van der Waals surface area (Å²) in [7, 11) is 1.52. The lowest BCUT2D eigenvalue weighted by Crippen LogP contribution is -2.26. The van der Waals surface area contributed by atoms with E-state index < -0.39 is 17.1 Å². The van der Waals surface area contributed by atoms with Crippen molar-refractivity contribution in [1.29, 1.82) is 0 Å². The summed E-state index contributed by atoms with van der Waals surface area (Å²) in [6, 6.07) is 3.16. The van der Waals surface area contributed by atoms with Gasteiger partial charge in [-0.25, -0.2) is 0 Å². The maximum absolute atomic E-state index is 11.5. The van der Waals surface area contributed by atoms with Crippen LogP contribution in [0.4, 0.5) is 0 Å². The van der Waals surface area contributed by atoms with Crippen molar-refractivity contribution in [3.05, 3.63) is 23.3 Å². The van der Waals surface area contributed by atoms with Crippen molar-refractivity contribution in [2.45, 2.75) is 18.6 Å². The van der Waals surface area contributed by atoms with E-state index in [4.69, 9.17) is 9.84 Å². The number of carbonyl (C=O) groups is 2. The number of aryl methyl sites for hydroxylation is 1. The Morgan fingerprint density at radius 3 is 2.91 bits per heavy atom. The normalized spacial score (nSPS) is 19.3. The summed E-state index contributed by atoms with van der Waals surface area (Å²) >= 11 is 1.00. The Balaban J connectivity index is 2.10. The molecule has 1 aliphatic heterocycles. The molecular weight excluding hydrogens is 322 g/mol. The van der Waals surface area contributed by atoms with E-state index in [1.54, 1.807) is 19.1 Å². The zero-order valence-corrected chi connectivity index (χ0v) is 13.3. The number of methoxy groups -OCH3 is 1. The second-order valence-electron chi connectivity index (χ2n) is 4.72. The first-order valence-electron chi connectivity index (χ1n) is 6.58. The standard InChI is InChI=1S/C14H15N3O5S/c1-7-3-9(18)8(4-10(7)22-2)6-15-17-14-16-13(21)11(23-14)5-12(19)20/h3-4,6,11,18H,5H2,1-2H3,(H,19,20)(H,16,17,21). The van der Waals surface area contributed by atoms with Crippen molar-refractivity contribution in [3.8, 4) is 11.5 Å². The maximum atomic E-state index is 11.5. The fraction of sp³-hybridized carbons (Fsp3) is 0.286. The number of amidine groups is 1. The highest BCUT2D eigenvalue weighted by Crippen LogP contribution is 2.26. The second-order valence-corrected chi connectivity index (χ2v) is 5.92. The summed E-state index contributed by atoms with van der Waals surface area (Å²) < 4.78 is 5.16. The van der Waals surface area contributed by atoms with Gasteiger partial charge in [0.15, 0.2) is 5.17 Å². The summed E-state index contributed by atoms with van der Waals surface area (Å²) in [6.07, 6.45) is 1.04. The number of amides is 1. The van der Waals surface area contributed by atoms with Crippen molar-refractivity contribution < 1.29 is 24.5 Å². The number of carboxylic acid groups (broad SMARTS) is 1. The van der Waals surface area contributed by atoms with Crippen LogP contribution in [0.25, 0.3) is 0 Å². The zero-order chi connectivity index (χ0) is 17.0. The average molecular weight is 337 g/mol. The van der Waals surface area contributed by atoms with Crippen molar-refractivity contribution in [2.75, 3.05) is 7.11 Å². The third-order valence-corrected chi connectivity index (χ3v) is 4.10. The molecule has 0 radical (unpaired) electrons. The number of benzene rings is 1. The molecule has 1 aromatic rings. The highest BCUT2D eigenvalue weighted by atomic mass is 32.2. The van der Waals surface area contributed by atoms with Crippen molar-refractivity contribution in [2.24, 2.45) is 10.2 Å². The molecule has 0 aromatic heterocycles. The molecule has 1 fully saturated rings. The van der Waals surface area contributed by atoms with E-state index in [1.807, 2.05) is 0 Å². The minimum Gasteiger partial charge on any atom is -0.507 e. The van der Waals surface area contributed by atoms with Crippen LogP contribution in [0.5, 0.6) is 11.5 Å². The van der Waals surface area contributed by atoms with Crippen LogP contribution in [0.3, 0.4) is 0 Å². The monoisotopic (exact) mass is 337 g/mol. The van der Waals surface area contributed by atoms with Gasteiger partial charge in [-0.3, -0.25) is 9.59 Å². The van der Waals surface area contributed by atoms with E-state index >= 15 is 0 Å². The fourth-order valence-electron chi connectivity index (χ4n) is 1.90. The molecule has 122 valence electrons. The van der Waals surface area contributed by atoms with Crippen molar-refractivity contribution >= 4 is 35.0 Å². The molecule has 0 spiro atoms. The molecule has 0 bridgehead atoms. The molecule has 9 heteroatoms. The van der Waals surface area contributed by atoms with Crippen LogP contribution in [-0.4, -0.2) is 45.8 Å². The number of carbonyl (C=O) groups excluding carboxylic acids is 1. The molecule has 3 N–H and O–H groups in total. The van der Waals surface area contributed by atoms with Crippen LogP contribution in [-0.2, 0) is 9.59 Å². The van der Waals surface area contributed by atoms with Crippen molar-refractivity contribution in [3.63, 3.8) is 0 Å². The maximum Gasteiger partial charge on any atom is 0.305 e. The predicted octanol–water partition coefficient (Wildman–Crippen LogP) is 1.11. The smallest absolute Gasteiger partial charge is 0.305 e. The molecule has 1 heterocycles. The van der Waals surface area contributed by atoms with Crippen LogP contribution in [0.2, 0.25) is 0 Å². The van der Waals surface area contributed by atoms with Crippen LogP contribution >= 0.6 is 11.8 Å². The molecule has 1 amide bonds. The second kappa shape index (κ2) is 7.14. The van der Waals surface area contributed by atoms with Crippen molar-refractivity contribution in [1.82, 2.24) is 5.32 Å². The Hall–Kier alpha value is -2.55. The van der Waals surface area contributed by atoms with Crippen LogP contribution in [0, 0.1) is 6.92 Å². The lowest BCUT2D eigenvalue weighted by Gasteiger charge is -2.06. The highest BCUT2D eigenvalue weighted by Gasteiger charge is 2.32. The average Bonchev–Trinajstić information content (AvgIpc) is 2.80. The summed E-state index contributed by atoms with van der Waals surface area (Å²) in [5.74, 6) is -0.841. The topological polar surface area (TPSA) is 121 Å². The SMILES string of the molecule is COc1cc(C=NN=C2NC(=O)C(CC(=O)O)S2)c(O)cc1C. The van der Waals surface area contributed by atoms with Crippen LogP contribution in [0.1, 0.15) is 17.5 Å². The Kier molecular flexibility index (Phi) is 5.22. The van der Waals surface area contributed by atoms with Gasteiger partial charge >= 0.3 is 5.97 Å². The lowest BCUT2D eigenvalue weighted by molar-refractivity contribution is -0.138. The van der Waals surface area contributed by atoms with Crippen LogP contribution in [0.15, 0.2) is 22.3 Å². The first-order chi connectivity index (χ1) is 10.9. The van der Waals surface area contributed by atoms with Gasteiger partial charge in [0.05, 0.1) is 19.7 Å². The van der Waals surface area contributed by atoms with Gasteiger partial charge in [-0.1, -0.05) is 11.8 Å². The van der Waals surface area contributed by atoms with E-state index in [2.05, 4.69) is 15.5 Å². The Labute approximate surface area is 136 Å². The molecule has 8 nitrogen and oxygen atoms in total. The van der Waals surface area contributed by atoms with Gasteiger partial charge in [0, 0.05) is 5.56 Å². The number of phenols is 1. The van der Waals surface area contributed by atoms with Gasteiger partial charge in [-0.05, 0) is 24.6 Å². The van der Waals surface area contributed by atoms with Gasteiger partial charge < -0.3 is 20.3 Å². The van der Waals surface area contributed by atoms with E-state index in [-0.39, 0.29) is 17.3 Å². The number of hydrogen-bond acceptors (Lipinski definition) is 7. The number of thioether (sulfide) groups is 1. The summed E-state index contributed by atoms with van der Waals surface area (Å²) in [6.45, 7) is 1.80. The highest BCUT2D eigenvalue weighted by molar-refractivity contribution is 8.15. The number of carboxylic acids is 1. The summed E-state index contributed by atoms with van der Waals surface area (Å²) in [5, 5.41) is 28.1. The molecule has 1 unspecified atom stereocenters.